The lowest BCUT2D eigenvalue weighted by molar-refractivity contribution is -0.118. The average Bonchev–Trinajstić information content (AvgIpc) is 3.03. The summed E-state index contributed by atoms with van der Waals surface area (Å²) in [4.78, 5) is 17.5. The number of fused-ring (bicyclic) bond motifs is 1. The Morgan fingerprint density at radius 3 is 2.71 bits per heavy atom. The number of aromatic nitrogens is 1. The fourth-order valence-electron chi connectivity index (χ4n) is 2.73. The van der Waals surface area contributed by atoms with Gasteiger partial charge in [-0.3, -0.25) is 4.79 Å². The second kappa shape index (κ2) is 10.3. The lowest BCUT2D eigenvalue weighted by Crippen LogP contribution is -2.18. The molecule has 0 aliphatic heterocycles. The van der Waals surface area contributed by atoms with Gasteiger partial charge in [0.05, 0.1) is 29.9 Å². The minimum atomic E-state index is -0.176. The van der Waals surface area contributed by atoms with Crippen molar-refractivity contribution in [2.75, 3.05) is 25.2 Å². The summed E-state index contributed by atoms with van der Waals surface area (Å²) in [7, 11) is 0. The van der Waals surface area contributed by atoms with Crippen molar-refractivity contribution >= 4 is 39.2 Å². The highest BCUT2D eigenvalue weighted by molar-refractivity contribution is 7.98. The van der Waals surface area contributed by atoms with Crippen LogP contribution in [0.5, 0.6) is 11.5 Å². The van der Waals surface area contributed by atoms with Crippen molar-refractivity contribution < 1.29 is 14.3 Å². The number of hydrogen-bond acceptors (Lipinski definition) is 5. The van der Waals surface area contributed by atoms with Crippen LogP contribution >= 0.6 is 23.1 Å². The Labute approximate surface area is 173 Å². The first kappa shape index (κ1) is 20.5. The Morgan fingerprint density at radius 2 is 1.96 bits per heavy atom. The second-order valence-corrected chi connectivity index (χ2v) is 8.00. The van der Waals surface area contributed by atoms with E-state index in [2.05, 4.69) is 15.8 Å². The molecule has 1 aromatic heterocycles. The Balaban J connectivity index is 1.79. The molecule has 28 heavy (non-hydrogen) atoms. The highest BCUT2D eigenvalue weighted by Crippen LogP contribution is 2.23. The number of thiazole rings is 1. The maximum absolute atomic E-state index is 12.4. The molecule has 2 aromatic carbocycles. The van der Waals surface area contributed by atoms with Gasteiger partial charge in [0.15, 0.2) is 4.80 Å². The molecular formula is C21H24N2O3S2. The zero-order valence-corrected chi connectivity index (χ0v) is 17.7. The number of aryl methyl sites for hydroxylation is 1. The van der Waals surface area contributed by atoms with E-state index in [0.29, 0.717) is 13.2 Å². The van der Waals surface area contributed by atoms with E-state index in [1.54, 1.807) is 11.8 Å². The average molecular weight is 417 g/mol. The van der Waals surface area contributed by atoms with Crippen molar-refractivity contribution in [3.8, 4) is 11.5 Å². The van der Waals surface area contributed by atoms with E-state index in [9.17, 15) is 4.79 Å². The number of hydrogen-bond donors (Lipinski definition) is 0. The molecule has 0 N–H and O–H groups in total. The largest absolute Gasteiger partial charge is 0.494 e. The summed E-state index contributed by atoms with van der Waals surface area (Å²) in [5.41, 5.74) is 1.08. The van der Waals surface area contributed by atoms with Crippen molar-refractivity contribution in [3.63, 3.8) is 0 Å². The smallest absolute Gasteiger partial charge is 0.251 e. The summed E-state index contributed by atoms with van der Waals surface area (Å²) in [5, 5.41) is 0. The molecule has 0 radical (unpaired) electrons. The summed E-state index contributed by atoms with van der Waals surface area (Å²) >= 11 is 3.29. The van der Waals surface area contributed by atoms with E-state index in [1.165, 1.54) is 11.3 Å². The van der Waals surface area contributed by atoms with Crippen LogP contribution in [0, 0.1) is 0 Å². The Hall–Kier alpha value is -2.25. The van der Waals surface area contributed by atoms with Gasteiger partial charge in [-0.2, -0.15) is 16.8 Å². The number of amides is 1. The summed E-state index contributed by atoms with van der Waals surface area (Å²) in [5.74, 6) is 2.38. The van der Waals surface area contributed by atoms with Crippen molar-refractivity contribution in [1.82, 2.24) is 4.57 Å². The first-order valence-electron chi connectivity index (χ1n) is 9.21. The number of thioether (sulfide) groups is 1. The Bertz CT molecular complexity index is 980. The van der Waals surface area contributed by atoms with Gasteiger partial charge >= 0.3 is 0 Å². The van der Waals surface area contributed by atoms with Crippen molar-refractivity contribution in [2.24, 2.45) is 4.99 Å². The molecule has 3 aromatic rings. The van der Waals surface area contributed by atoms with Gasteiger partial charge < -0.3 is 14.0 Å². The molecule has 0 aliphatic carbocycles. The highest BCUT2D eigenvalue weighted by atomic mass is 32.2. The van der Waals surface area contributed by atoms with Gasteiger partial charge in [-0.1, -0.05) is 29.5 Å². The summed E-state index contributed by atoms with van der Waals surface area (Å²) < 4.78 is 14.4. The van der Waals surface area contributed by atoms with Crippen LogP contribution in [0.15, 0.2) is 53.5 Å². The number of carbonyl (C=O) groups excluding carboxylic acids is 1. The monoisotopic (exact) mass is 416 g/mol. The molecule has 3 rings (SSSR count). The quantitative estimate of drug-likeness (QED) is 0.520. The van der Waals surface area contributed by atoms with Gasteiger partial charge in [0, 0.05) is 12.3 Å². The standard InChI is InChI=1S/C21H24N2O3S2/c1-3-25-17-9-10-18-19(15-17)28-21(23(18)12-14-27-2)22-20(24)11-13-26-16-7-5-4-6-8-16/h4-10,15H,3,11-14H2,1-2H3. The molecule has 0 spiro atoms. The number of rotatable bonds is 9. The fraction of sp³-hybridized carbons (Fsp3) is 0.333. The molecule has 0 aliphatic rings. The number of ether oxygens (including phenoxy) is 2. The molecule has 1 heterocycles. The van der Waals surface area contributed by atoms with Crippen LogP contribution in [0.1, 0.15) is 13.3 Å². The van der Waals surface area contributed by atoms with Crippen molar-refractivity contribution in [2.45, 2.75) is 19.9 Å². The van der Waals surface area contributed by atoms with E-state index in [0.717, 1.165) is 38.8 Å². The van der Waals surface area contributed by atoms with E-state index in [1.807, 2.05) is 55.5 Å². The minimum absolute atomic E-state index is 0.176. The number of para-hydroxylation sites is 1. The summed E-state index contributed by atoms with van der Waals surface area (Å²) in [6.07, 6.45) is 2.32. The van der Waals surface area contributed by atoms with Gasteiger partial charge in [-0.25, -0.2) is 0 Å². The molecule has 7 heteroatoms. The fourth-order valence-corrected chi connectivity index (χ4v) is 4.20. The van der Waals surface area contributed by atoms with Gasteiger partial charge in [0.1, 0.15) is 11.5 Å². The van der Waals surface area contributed by atoms with Gasteiger partial charge in [-0.15, -0.1) is 0 Å². The highest BCUT2D eigenvalue weighted by Gasteiger charge is 2.09. The molecule has 0 atom stereocenters. The predicted molar refractivity (Wildman–Crippen MR) is 116 cm³/mol. The predicted octanol–water partition coefficient (Wildman–Crippen LogP) is 4.36. The molecule has 0 fully saturated rings. The molecular weight excluding hydrogens is 392 g/mol. The second-order valence-electron chi connectivity index (χ2n) is 6.01. The van der Waals surface area contributed by atoms with Gasteiger partial charge in [0.25, 0.3) is 5.91 Å². The van der Waals surface area contributed by atoms with Crippen LogP contribution in [-0.2, 0) is 11.3 Å². The van der Waals surface area contributed by atoms with Crippen LogP contribution in [0.3, 0.4) is 0 Å². The molecule has 0 saturated heterocycles. The molecule has 0 bridgehead atoms. The van der Waals surface area contributed by atoms with Crippen LogP contribution in [0.2, 0.25) is 0 Å². The van der Waals surface area contributed by atoms with Crippen LogP contribution in [0.4, 0.5) is 0 Å². The SMILES string of the molecule is CCOc1ccc2c(c1)sc(=NC(=O)CCOc1ccccc1)n2CCSC. The first-order valence-corrected chi connectivity index (χ1v) is 11.4. The van der Waals surface area contributed by atoms with Crippen LogP contribution < -0.4 is 14.3 Å². The van der Waals surface area contributed by atoms with E-state index in [4.69, 9.17) is 9.47 Å². The molecule has 0 saturated carbocycles. The minimum Gasteiger partial charge on any atom is -0.494 e. The summed E-state index contributed by atoms with van der Waals surface area (Å²) in [6.45, 7) is 3.72. The lowest BCUT2D eigenvalue weighted by Gasteiger charge is -2.06. The molecule has 5 nitrogen and oxygen atoms in total. The number of benzene rings is 2. The van der Waals surface area contributed by atoms with Gasteiger partial charge in [0.2, 0.25) is 0 Å². The number of carbonyl (C=O) groups is 1. The third-order valence-corrected chi connectivity index (χ3v) is 5.66. The van der Waals surface area contributed by atoms with E-state index < -0.39 is 0 Å². The zero-order valence-electron chi connectivity index (χ0n) is 16.1. The topological polar surface area (TPSA) is 52.8 Å². The summed E-state index contributed by atoms with van der Waals surface area (Å²) in [6, 6.07) is 15.5. The lowest BCUT2D eigenvalue weighted by atomic mass is 10.3. The maximum Gasteiger partial charge on any atom is 0.251 e. The number of nitrogens with zero attached hydrogens (tertiary/aromatic N) is 2. The molecule has 1 amide bonds. The van der Waals surface area contributed by atoms with Crippen molar-refractivity contribution in [3.05, 3.63) is 53.3 Å². The van der Waals surface area contributed by atoms with Crippen molar-refractivity contribution in [1.29, 1.82) is 0 Å². The van der Waals surface area contributed by atoms with Crippen LogP contribution in [0.25, 0.3) is 10.2 Å². The molecule has 0 unspecified atom stereocenters. The maximum atomic E-state index is 12.4. The van der Waals surface area contributed by atoms with Crippen LogP contribution in [-0.4, -0.2) is 35.7 Å². The van der Waals surface area contributed by atoms with E-state index >= 15 is 0 Å². The Kier molecular flexibility index (Phi) is 7.56. The third kappa shape index (κ3) is 5.39. The zero-order chi connectivity index (χ0) is 19.8. The first-order chi connectivity index (χ1) is 13.7. The van der Waals surface area contributed by atoms with E-state index in [-0.39, 0.29) is 12.3 Å². The normalized spacial score (nSPS) is 11.7. The Morgan fingerprint density at radius 1 is 1.14 bits per heavy atom. The van der Waals surface area contributed by atoms with Gasteiger partial charge in [-0.05, 0) is 43.5 Å². The molecule has 148 valence electrons. The third-order valence-electron chi connectivity index (χ3n) is 4.03.